The van der Waals surface area contributed by atoms with Gasteiger partial charge in [-0.3, -0.25) is 0 Å². The Morgan fingerprint density at radius 3 is 1.97 bits per heavy atom. The van der Waals surface area contributed by atoms with Crippen LogP contribution in [0.15, 0.2) is 91.1 Å². The van der Waals surface area contributed by atoms with Crippen LogP contribution in [0.25, 0.3) is 22.2 Å². The Morgan fingerprint density at radius 2 is 1.34 bits per heavy atom. The van der Waals surface area contributed by atoms with E-state index in [1.54, 1.807) is 59.2 Å². The third kappa shape index (κ3) is 3.53. The average molecular weight is 399 g/mol. The van der Waals surface area contributed by atoms with Crippen molar-refractivity contribution in [1.29, 1.82) is 0 Å². The molecule has 0 fully saturated rings. The van der Waals surface area contributed by atoms with Crippen molar-refractivity contribution in [3.8, 4) is 5.69 Å². The molecule has 0 N–H and O–H groups in total. The standard InChI is InChI=1S/C23H14F5N/c24-22(25)21(15-6-2-1-3-7-15)19-14-29(20-9-5-4-8-18(19)20)17-12-10-16(11-13-17)23(26,27)28/h1-14H. The first-order valence-corrected chi connectivity index (χ1v) is 8.75. The number of hydrogen-bond acceptors (Lipinski definition) is 0. The van der Waals surface area contributed by atoms with Crippen molar-refractivity contribution in [2.45, 2.75) is 6.18 Å². The summed E-state index contributed by atoms with van der Waals surface area (Å²) in [6.07, 6.45) is -4.73. The van der Waals surface area contributed by atoms with Crippen molar-refractivity contribution >= 4 is 16.5 Å². The molecule has 1 nitrogen and oxygen atoms in total. The van der Waals surface area contributed by atoms with Crippen molar-refractivity contribution in [2.75, 3.05) is 0 Å². The molecule has 0 saturated carbocycles. The molecule has 0 bridgehead atoms. The molecular formula is C23H14F5N. The quantitative estimate of drug-likeness (QED) is 0.319. The zero-order chi connectivity index (χ0) is 20.6. The molecule has 0 aliphatic heterocycles. The van der Waals surface area contributed by atoms with Crippen molar-refractivity contribution in [2.24, 2.45) is 0 Å². The van der Waals surface area contributed by atoms with E-state index in [4.69, 9.17) is 0 Å². The second-order valence-corrected chi connectivity index (χ2v) is 6.48. The lowest BCUT2D eigenvalue weighted by atomic mass is 9.99. The lowest BCUT2D eigenvalue weighted by Gasteiger charge is -2.09. The fraction of sp³-hybridized carbons (Fsp3) is 0.0435. The third-order valence-corrected chi connectivity index (χ3v) is 4.71. The van der Waals surface area contributed by atoms with Gasteiger partial charge in [-0.2, -0.15) is 22.0 Å². The SMILES string of the molecule is FC(F)=C(c1ccccc1)c1cn(-c2ccc(C(F)(F)F)cc2)c2ccccc12. The van der Waals surface area contributed by atoms with Gasteiger partial charge >= 0.3 is 6.18 Å². The van der Waals surface area contributed by atoms with E-state index in [1.165, 1.54) is 18.3 Å². The number of alkyl halides is 3. The van der Waals surface area contributed by atoms with Gasteiger partial charge in [-0.15, -0.1) is 0 Å². The summed E-state index contributed by atoms with van der Waals surface area (Å²) >= 11 is 0. The van der Waals surface area contributed by atoms with Crippen molar-refractivity contribution in [3.05, 3.63) is 108 Å². The molecule has 0 unspecified atom stereocenters. The predicted octanol–water partition coefficient (Wildman–Crippen LogP) is 7.31. The number of benzene rings is 3. The first-order valence-electron chi connectivity index (χ1n) is 8.75. The van der Waals surface area contributed by atoms with E-state index in [1.807, 2.05) is 0 Å². The molecule has 0 atom stereocenters. The maximum atomic E-state index is 13.9. The average Bonchev–Trinajstić information content (AvgIpc) is 3.08. The van der Waals surface area contributed by atoms with Crippen molar-refractivity contribution in [1.82, 2.24) is 4.57 Å². The number of halogens is 5. The van der Waals surface area contributed by atoms with E-state index in [0.29, 0.717) is 27.7 Å². The van der Waals surface area contributed by atoms with Crippen LogP contribution in [-0.4, -0.2) is 4.57 Å². The summed E-state index contributed by atoms with van der Waals surface area (Å²) in [6.45, 7) is 0. The van der Waals surface area contributed by atoms with E-state index in [9.17, 15) is 22.0 Å². The lowest BCUT2D eigenvalue weighted by Crippen LogP contribution is -2.04. The van der Waals surface area contributed by atoms with Crippen LogP contribution in [0.3, 0.4) is 0 Å². The van der Waals surface area contributed by atoms with Gasteiger partial charge < -0.3 is 4.57 Å². The molecule has 0 spiro atoms. The molecule has 29 heavy (non-hydrogen) atoms. The molecule has 1 aromatic heterocycles. The Bertz CT molecular complexity index is 1180. The molecule has 3 aromatic carbocycles. The summed E-state index contributed by atoms with van der Waals surface area (Å²) in [6, 6.07) is 19.9. The minimum Gasteiger partial charge on any atom is -0.316 e. The highest BCUT2D eigenvalue weighted by molar-refractivity contribution is 5.98. The molecule has 6 heteroatoms. The first kappa shape index (κ1) is 18.9. The predicted molar refractivity (Wildman–Crippen MR) is 103 cm³/mol. The van der Waals surface area contributed by atoms with Gasteiger partial charge in [0, 0.05) is 22.8 Å². The number of para-hydroxylation sites is 1. The number of rotatable bonds is 3. The molecule has 0 radical (unpaired) electrons. The summed E-state index contributed by atoms with van der Waals surface area (Å²) in [5, 5.41) is 0.582. The zero-order valence-electron chi connectivity index (χ0n) is 14.9. The summed E-state index contributed by atoms with van der Waals surface area (Å²) in [5.41, 5.74) is 0.781. The maximum Gasteiger partial charge on any atom is 0.416 e. The minimum atomic E-state index is -4.44. The zero-order valence-corrected chi connectivity index (χ0v) is 14.9. The van der Waals surface area contributed by atoms with Crippen LogP contribution in [0.4, 0.5) is 22.0 Å². The lowest BCUT2D eigenvalue weighted by molar-refractivity contribution is -0.137. The molecule has 1 heterocycles. The second kappa shape index (κ2) is 7.20. The van der Waals surface area contributed by atoms with Gasteiger partial charge in [0.05, 0.1) is 16.7 Å². The van der Waals surface area contributed by atoms with Gasteiger partial charge in [0.15, 0.2) is 0 Å². The van der Waals surface area contributed by atoms with Crippen LogP contribution in [0.2, 0.25) is 0 Å². The molecule has 4 aromatic rings. The normalized spacial score (nSPS) is 11.6. The van der Waals surface area contributed by atoms with E-state index >= 15 is 0 Å². The number of nitrogens with zero attached hydrogens (tertiary/aromatic N) is 1. The van der Waals surface area contributed by atoms with E-state index < -0.39 is 17.8 Å². The van der Waals surface area contributed by atoms with Gasteiger partial charge in [0.2, 0.25) is 0 Å². The van der Waals surface area contributed by atoms with Crippen LogP contribution < -0.4 is 0 Å². The molecule has 4 rings (SSSR count). The Balaban J connectivity index is 1.92. The summed E-state index contributed by atoms with van der Waals surface area (Å²) in [7, 11) is 0. The van der Waals surface area contributed by atoms with E-state index in [0.717, 1.165) is 12.1 Å². The third-order valence-electron chi connectivity index (χ3n) is 4.71. The van der Waals surface area contributed by atoms with Gasteiger partial charge in [-0.1, -0.05) is 48.5 Å². The Kier molecular flexibility index (Phi) is 4.70. The van der Waals surface area contributed by atoms with Gasteiger partial charge in [0.25, 0.3) is 6.08 Å². The van der Waals surface area contributed by atoms with Gasteiger partial charge in [-0.05, 0) is 35.9 Å². The fourth-order valence-corrected chi connectivity index (χ4v) is 3.37. The largest absolute Gasteiger partial charge is 0.416 e. The van der Waals surface area contributed by atoms with E-state index in [-0.39, 0.29) is 5.57 Å². The highest BCUT2D eigenvalue weighted by atomic mass is 19.4. The van der Waals surface area contributed by atoms with Gasteiger partial charge in [-0.25, -0.2) is 0 Å². The van der Waals surface area contributed by atoms with E-state index in [2.05, 4.69) is 0 Å². The second-order valence-electron chi connectivity index (χ2n) is 6.48. The van der Waals surface area contributed by atoms with Crippen LogP contribution in [0.5, 0.6) is 0 Å². The fourth-order valence-electron chi connectivity index (χ4n) is 3.37. The number of fused-ring (bicyclic) bond motifs is 1. The summed E-state index contributed by atoms with van der Waals surface area (Å²) in [5.74, 6) is 0. The van der Waals surface area contributed by atoms with Crippen molar-refractivity contribution in [3.63, 3.8) is 0 Å². The first-order chi connectivity index (χ1) is 13.9. The van der Waals surface area contributed by atoms with Crippen LogP contribution in [0.1, 0.15) is 16.7 Å². The topological polar surface area (TPSA) is 4.93 Å². The summed E-state index contributed by atoms with van der Waals surface area (Å²) in [4.78, 5) is 0. The Morgan fingerprint density at radius 1 is 0.724 bits per heavy atom. The molecule has 0 saturated heterocycles. The highest BCUT2D eigenvalue weighted by Gasteiger charge is 2.30. The molecule has 146 valence electrons. The number of hydrogen-bond donors (Lipinski definition) is 0. The molecular weight excluding hydrogens is 385 g/mol. The Hall–Kier alpha value is -3.41. The van der Waals surface area contributed by atoms with Crippen LogP contribution in [0, 0.1) is 0 Å². The Labute approximate surface area is 163 Å². The van der Waals surface area contributed by atoms with Gasteiger partial charge in [0.1, 0.15) is 0 Å². The molecule has 0 aliphatic carbocycles. The number of aromatic nitrogens is 1. The summed E-state index contributed by atoms with van der Waals surface area (Å²) < 4.78 is 68.1. The van der Waals surface area contributed by atoms with Crippen molar-refractivity contribution < 1.29 is 22.0 Å². The molecule has 0 amide bonds. The van der Waals surface area contributed by atoms with Crippen LogP contribution in [-0.2, 0) is 6.18 Å². The monoisotopic (exact) mass is 399 g/mol. The molecule has 0 aliphatic rings. The minimum absolute atomic E-state index is 0.201. The highest BCUT2D eigenvalue weighted by Crippen LogP contribution is 2.36. The maximum absolute atomic E-state index is 13.9. The van der Waals surface area contributed by atoms with Crippen LogP contribution >= 0.6 is 0 Å². The smallest absolute Gasteiger partial charge is 0.316 e.